The highest BCUT2D eigenvalue weighted by molar-refractivity contribution is 5.92. The minimum atomic E-state index is -0.933. The molecule has 1 aliphatic heterocycles. The first-order valence-corrected chi connectivity index (χ1v) is 10.6. The number of hydrogen-bond acceptors (Lipinski definition) is 6. The predicted molar refractivity (Wildman–Crippen MR) is 115 cm³/mol. The fourth-order valence-electron chi connectivity index (χ4n) is 4.66. The SMILES string of the molecule is COc1ccc(C)cc1C1(C(=O)O[C@H]2C(=O)OCC2(C)C)CC1c1ccc(C)nc1C. The van der Waals surface area contributed by atoms with Gasteiger partial charge in [0, 0.05) is 28.3 Å². The van der Waals surface area contributed by atoms with Crippen LogP contribution in [0, 0.1) is 26.2 Å². The van der Waals surface area contributed by atoms with Crippen LogP contribution in [0.3, 0.4) is 0 Å². The van der Waals surface area contributed by atoms with E-state index in [4.69, 9.17) is 14.2 Å². The number of rotatable bonds is 5. The van der Waals surface area contributed by atoms with Crippen LogP contribution >= 0.6 is 0 Å². The van der Waals surface area contributed by atoms with Gasteiger partial charge < -0.3 is 14.2 Å². The fourth-order valence-corrected chi connectivity index (χ4v) is 4.66. The normalized spacial score (nSPS) is 26.3. The molecule has 6 nitrogen and oxygen atoms in total. The van der Waals surface area contributed by atoms with Crippen LogP contribution in [0.25, 0.3) is 0 Å². The molecule has 1 saturated carbocycles. The van der Waals surface area contributed by atoms with Gasteiger partial charge in [0.25, 0.3) is 0 Å². The summed E-state index contributed by atoms with van der Waals surface area (Å²) in [6.07, 6.45) is -0.356. The number of carbonyl (C=O) groups excluding carboxylic acids is 2. The number of aryl methyl sites for hydroxylation is 3. The predicted octanol–water partition coefficient (Wildman–Crippen LogP) is 3.94. The van der Waals surface area contributed by atoms with Gasteiger partial charge in [0.05, 0.1) is 7.11 Å². The van der Waals surface area contributed by atoms with Gasteiger partial charge in [0.2, 0.25) is 6.10 Å². The summed E-state index contributed by atoms with van der Waals surface area (Å²) in [5, 5.41) is 0. The van der Waals surface area contributed by atoms with Gasteiger partial charge in [-0.1, -0.05) is 37.6 Å². The zero-order valence-electron chi connectivity index (χ0n) is 18.9. The van der Waals surface area contributed by atoms with Crippen LogP contribution in [0.15, 0.2) is 30.3 Å². The first-order chi connectivity index (χ1) is 14.6. The van der Waals surface area contributed by atoms with Gasteiger partial charge in [-0.3, -0.25) is 9.78 Å². The molecule has 1 saturated heterocycles. The van der Waals surface area contributed by atoms with E-state index in [2.05, 4.69) is 4.98 Å². The molecule has 2 aromatic rings. The molecule has 0 bridgehead atoms. The maximum Gasteiger partial charge on any atom is 0.348 e. The summed E-state index contributed by atoms with van der Waals surface area (Å²) in [4.78, 5) is 30.6. The van der Waals surface area contributed by atoms with Gasteiger partial charge in [-0.05, 0) is 44.9 Å². The van der Waals surface area contributed by atoms with Gasteiger partial charge in [-0.2, -0.15) is 0 Å². The Morgan fingerprint density at radius 3 is 2.52 bits per heavy atom. The summed E-state index contributed by atoms with van der Waals surface area (Å²) in [5.74, 6) is -0.381. The standard InChI is InChI=1S/C25H29NO5/c1-14-7-10-20(29-6)18(11-14)25(12-19(25)17-9-8-15(2)26-16(17)3)23(28)31-21-22(27)30-13-24(21,4)5/h7-11,19,21H,12-13H2,1-6H3/t19?,21-,25?/m0/s1. The van der Waals surface area contributed by atoms with Crippen LogP contribution in [0.4, 0.5) is 0 Å². The van der Waals surface area contributed by atoms with Crippen molar-refractivity contribution in [2.45, 2.75) is 58.5 Å². The van der Waals surface area contributed by atoms with Gasteiger partial charge in [0.1, 0.15) is 17.8 Å². The summed E-state index contributed by atoms with van der Waals surface area (Å²) in [6, 6.07) is 9.81. The summed E-state index contributed by atoms with van der Waals surface area (Å²) in [7, 11) is 1.60. The Morgan fingerprint density at radius 2 is 1.90 bits per heavy atom. The maximum absolute atomic E-state index is 13.8. The molecule has 0 amide bonds. The maximum atomic E-state index is 13.8. The topological polar surface area (TPSA) is 74.7 Å². The van der Waals surface area contributed by atoms with Crippen molar-refractivity contribution in [1.82, 2.24) is 4.98 Å². The number of aromatic nitrogens is 1. The van der Waals surface area contributed by atoms with E-state index >= 15 is 0 Å². The molecule has 164 valence electrons. The number of carbonyl (C=O) groups is 2. The lowest BCUT2D eigenvalue weighted by atomic mass is 9.87. The second-order valence-corrected chi connectivity index (χ2v) is 9.44. The van der Waals surface area contributed by atoms with E-state index in [1.165, 1.54) is 0 Å². The molecule has 2 fully saturated rings. The van der Waals surface area contributed by atoms with Crippen molar-refractivity contribution in [3.8, 4) is 5.75 Å². The Bertz CT molecular complexity index is 1060. The van der Waals surface area contributed by atoms with E-state index in [9.17, 15) is 9.59 Å². The quantitative estimate of drug-likeness (QED) is 0.679. The van der Waals surface area contributed by atoms with Gasteiger partial charge in [-0.15, -0.1) is 0 Å². The molecule has 2 unspecified atom stereocenters. The minimum Gasteiger partial charge on any atom is -0.496 e. The van der Waals surface area contributed by atoms with Crippen molar-refractivity contribution in [1.29, 1.82) is 0 Å². The number of cyclic esters (lactones) is 1. The van der Waals surface area contributed by atoms with E-state index in [1.54, 1.807) is 7.11 Å². The minimum absolute atomic E-state index is 0.107. The number of pyridine rings is 1. The number of benzene rings is 1. The Hall–Kier alpha value is -2.89. The Morgan fingerprint density at radius 1 is 1.16 bits per heavy atom. The average Bonchev–Trinajstić information content (AvgIpc) is 3.40. The first kappa shape index (κ1) is 21.3. The fraction of sp³-hybridized carbons (Fsp3) is 0.480. The second-order valence-electron chi connectivity index (χ2n) is 9.44. The second kappa shape index (κ2) is 7.36. The van der Waals surface area contributed by atoms with Crippen LogP contribution in [0.5, 0.6) is 5.75 Å². The molecule has 31 heavy (non-hydrogen) atoms. The Labute approximate surface area is 182 Å². The van der Waals surface area contributed by atoms with E-state index < -0.39 is 28.9 Å². The molecule has 4 rings (SSSR count). The number of hydrogen-bond donors (Lipinski definition) is 0. The average molecular weight is 424 g/mol. The van der Waals surface area contributed by atoms with Crippen LogP contribution in [-0.2, 0) is 24.5 Å². The largest absolute Gasteiger partial charge is 0.496 e. The molecular formula is C25H29NO5. The van der Waals surface area contributed by atoms with Crippen LogP contribution in [0.2, 0.25) is 0 Å². The van der Waals surface area contributed by atoms with Crippen molar-refractivity contribution in [2.75, 3.05) is 13.7 Å². The van der Waals surface area contributed by atoms with Crippen molar-refractivity contribution in [3.05, 3.63) is 58.4 Å². The Kier molecular flexibility index (Phi) is 5.07. The lowest BCUT2D eigenvalue weighted by Gasteiger charge is -2.26. The van der Waals surface area contributed by atoms with E-state index in [0.717, 1.165) is 28.1 Å². The number of esters is 2. The summed E-state index contributed by atoms with van der Waals surface area (Å²) in [5.41, 5.74) is 3.14. The van der Waals surface area contributed by atoms with Crippen molar-refractivity contribution >= 4 is 11.9 Å². The molecular weight excluding hydrogens is 394 g/mol. The summed E-state index contributed by atoms with van der Waals surface area (Å²) in [6.45, 7) is 9.86. The highest BCUT2D eigenvalue weighted by atomic mass is 16.6. The third kappa shape index (κ3) is 3.48. The third-order valence-electron chi connectivity index (χ3n) is 6.54. The van der Waals surface area contributed by atoms with E-state index in [-0.39, 0.29) is 12.5 Å². The van der Waals surface area contributed by atoms with Gasteiger partial charge >= 0.3 is 11.9 Å². The number of methoxy groups -OCH3 is 1. The molecule has 0 radical (unpaired) electrons. The smallest absolute Gasteiger partial charge is 0.348 e. The monoisotopic (exact) mass is 423 g/mol. The molecule has 1 aromatic heterocycles. The van der Waals surface area contributed by atoms with Crippen molar-refractivity contribution < 1.29 is 23.8 Å². The molecule has 2 heterocycles. The van der Waals surface area contributed by atoms with Crippen LogP contribution in [0.1, 0.15) is 54.3 Å². The lowest BCUT2D eigenvalue weighted by molar-refractivity contribution is -0.165. The number of ether oxygens (including phenoxy) is 3. The molecule has 3 atom stereocenters. The van der Waals surface area contributed by atoms with Crippen LogP contribution in [-0.4, -0.2) is 36.7 Å². The molecule has 0 N–H and O–H groups in total. The van der Waals surface area contributed by atoms with E-state index in [1.807, 2.05) is 65.0 Å². The zero-order chi connectivity index (χ0) is 22.6. The highest BCUT2D eigenvalue weighted by Crippen LogP contribution is 2.63. The van der Waals surface area contributed by atoms with Gasteiger partial charge in [0.15, 0.2) is 0 Å². The summed E-state index contributed by atoms with van der Waals surface area (Å²) < 4.78 is 16.7. The summed E-state index contributed by atoms with van der Waals surface area (Å²) >= 11 is 0. The molecule has 0 spiro atoms. The third-order valence-corrected chi connectivity index (χ3v) is 6.54. The Balaban J connectivity index is 1.79. The zero-order valence-corrected chi connectivity index (χ0v) is 18.9. The number of nitrogens with zero attached hydrogens (tertiary/aromatic N) is 1. The lowest BCUT2D eigenvalue weighted by Crippen LogP contribution is -2.39. The van der Waals surface area contributed by atoms with Crippen molar-refractivity contribution in [2.24, 2.45) is 5.41 Å². The molecule has 1 aromatic carbocycles. The molecule has 6 heteroatoms. The van der Waals surface area contributed by atoms with Gasteiger partial charge in [-0.25, -0.2) is 4.79 Å². The molecule has 1 aliphatic carbocycles. The first-order valence-electron chi connectivity index (χ1n) is 10.6. The van der Waals surface area contributed by atoms with Crippen LogP contribution < -0.4 is 4.74 Å². The molecule has 2 aliphatic rings. The highest BCUT2D eigenvalue weighted by Gasteiger charge is 2.65. The van der Waals surface area contributed by atoms with E-state index in [0.29, 0.717) is 12.2 Å². The van der Waals surface area contributed by atoms with Crippen molar-refractivity contribution in [3.63, 3.8) is 0 Å².